The van der Waals surface area contributed by atoms with E-state index in [4.69, 9.17) is 0 Å². The molecule has 0 aliphatic rings. The molecule has 2 heteroatoms. The van der Waals surface area contributed by atoms with Crippen LogP contribution in [0.1, 0.15) is 15.9 Å². The molecule has 0 aliphatic heterocycles. The van der Waals surface area contributed by atoms with Gasteiger partial charge >= 0.3 is 0 Å². The summed E-state index contributed by atoms with van der Waals surface area (Å²) in [6.07, 6.45) is 3.13. The number of carbonyl (C=O) groups is 1. The number of ketones is 1. The fraction of sp³-hybridized carbons (Fsp3) is 0. The topological polar surface area (TPSA) is 37.0 Å². The second-order valence-electron chi connectivity index (χ2n) is 3.64. The van der Waals surface area contributed by atoms with Crippen molar-refractivity contribution in [2.24, 2.45) is 0 Å². The molecule has 0 spiro atoms. The molecule has 2 aromatic carbocycles. The SMILES string of the molecule is [O]c1cccc(/C=C/C(=O)c2ccccc2)c1. The monoisotopic (exact) mass is 223 g/mol. The van der Waals surface area contributed by atoms with Crippen LogP contribution in [0.4, 0.5) is 0 Å². The van der Waals surface area contributed by atoms with Crippen LogP contribution in [0.3, 0.4) is 0 Å². The standard InChI is InChI=1S/C15H11O2/c16-14-8-4-5-12(11-14)9-10-15(17)13-6-2-1-3-7-13/h1-11H/b10-9+. The van der Waals surface area contributed by atoms with Gasteiger partial charge in [0.2, 0.25) is 0 Å². The quantitative estimate of drug-likeness (QED) is 0.577. The van der Waals surface area contributed by atoms with Gasteiger partial charge in [0.15, 0.2) is 11.5 Å². The van der Waals surface area contributed by atoms with Gasteiger partial charge in [-0.15, -0.1) is 0 Å². The van der Waals surface area contributed by atoms with E-state index < -0.39 is 0 Å². The molecule has 0 atom stereocenters. The number of rotatable bonds is 3. The van der Waals surface area contributed by atoms with Crippen LogP contribution in [0.2, 0.25) is 0 Å². The fourth-order valence-corrected chi connectivity index (χ4v) is 1.49. The zero-order valence-corrected chi connectivity index (χ0v) is 9.17. The Morgan fingerprint density at radius 1 is 0.941 bits per heavy atom. The molecule has 0 N–H and O–H groups in total. The summed E-state index contributed by atoms with van der Waals surface area (Å²) in [7, 11) is 0. The van der Waals surface area contributed by atoms with Crippen molar-refractivity contribution >= 4 is 11.9 Å². The zero-order valence-electron chi connectivity index (χ0n) is 9.17. The van der Waals surface area contributed by atoms with Gasteiger partial charge in [0.05, 0.1) is 0 Å². The van der Waals surface area contributed by atoms with Gasteiger partial charge in [-0.05, 0) is 23.8 Å². The van der Waals surface area contributed by atoms with Crippen molar-refractivity contribution in [3.63, 3.8) is 0 Å². The summed E-state index contributed by atoms with van der Waals surface area (Å²) in [5, 5.41) is 11.1. The first-order chi connectivity index (χ1) is 8.25. The summed E-state index contributed by atoms with van der Waals surface area (Å²) < 4.78 is 0. The molecule has 2 aromatic rings. The Morgan fingerprint density at radius 2 is 1.71 bits per heavy atom. The molecule has 0 aromatic heterocycles. The third-order valence-electron chi connectivity index (χ3n) is 2.34. The van der Waals surface area contributed by atoms with Crippen LogP contribution in [0.15, 0.2) is 60.7 Å². The summed E-state index contributed by atoms with van der Waals surface area (Å²) >= 11 is 0. The smallest absolute Gasteiger partial charge is 0.185 e. The van der Waals surface area contributed by atoms with Gasteiger partial charge in [-0.2, -0.15) is 0 Å². The highest BCUT2D eigenvalue weighted by atomic mass is 16.3. The maximum absolute atomic E-state index is 11.7. The molecular weight excluding hydrogens is 212 g/mol. The first-order valence-corrected chi connectivity index (χ1v) is 5.30. The molecule has 2 nitrogen and oxygen atoms in total. The van der Waals surface area contributed by atoms with Gasteiger partial charge in [-0.25, -0.2) is 0 Å². The Balaban J connectivity index is 2.14. The van der Waals surface area contributed by atoms with E-state index in [1.54, 1.807) is 30.3 Å². The average Bonchev–Trinajstić information content (AvgIpc) is 2.37. The molecule has 0 fully saturated rings. The lowest BCUT2D eigenvalue weighted by Crippen LogP contribution is -1.92. The van der Waals surface area contributed by atoms with E-state index in [9.17, 15) is 9.90 Å². The van der Waals surface area contributed by atoms with Crippen LogP contribution in [-0.4, -0.2) is 5.78 Å². The van der Waals surface area contributed by atoms with Crippen molar-refractivity contribution in [3.8, 4) is 5.75 Å². The van der Waals surface area contributed by atoms with Gasteiger partial charge in [0.25, 0.3) is 0 Å². The van der Waals surface area contributed by atoms with Gasteiger partial charge < -0.3 is 0 Å². The predicted octanol–water partition coefficient (Wildman–Crippen LogP) is 3.73. The van der Waals surface area contributed by atoms with Crippen molar-refractivity contribution < 1.29 is 9.90 Å². The molecule has 0 bridgehead atoms. The average molecular weight is 223 g/mol. The van der Waals surface area contributed by atoms with Gasteiger partial charge in [-0.1, -0.05) is 48.5 Å². The number of allylic oxidation sites excluding steroid dienone is 1. The molecule has 2 rings (SSSR count). The minimum Gasteiger partial charge on any atom is -0.290 e. The summed E-state index contributed by atoms with van der Waals surface area (Å²) in [6, 6.07) is 15.5. The summed E-state index contributed by atoms with van der Waals surface area (Å²) in [6.45, 7) is 0. The zero-order chi connectivity index (χ0) is 12.1. The van der Waals surface area contributed by atoms with Crippen LogP contribution in [-0.2, 0) is 5.11 Å². The molecular formula is C15H11O2. The summed E-state index contributed by atoms with van der Waals surface area (Å²) in [5.41, 5.74) is 1.38. The van der Waals surface area contributed by atoms with Crippen LogP contribution >= 0.6 is 0 Å². The third kappa shape index (κ3) is 3.05. The highest BCUT2D eigenvalue weighted by Gasteiger charge is 1.99. The molecule has 17 heavy (non-hydrogen) atoms. The summed E-state index contributed by atoms with van der Waals surface area (Å²) in [4.78, 5) is 11.7. The van der Waals surface area contributed by atoms with E-state index >= 15 is 0 Å². The molecule has 83 valence electrons. The van der Waals surface area contributed by atoms with Crippen LogP contribution in [0, 0.1) is 0 Å². The van der Waals surface area contributed by atoms with E-state index in [2.05, 4.69) is 0 Å². The third-order valence-corrected chi connectivity index (χ3v) is 2.34. The number of hydrogen-bond acceptors (Lipinski definition) is 1. The molecule has 1 radical (unpaired) electrons. The van der Waals surface area contributed by atoms with Gasteiger partial charge in [0.1, 0.15) is 0 Å². The van der Waals surface area contributed by atoms with Crippen molar-refractivity contribution in [1.29, 1.82) is 0 Å². The minimum absolute atomic E-state index is 0.0562. The van der Waals surface area contributed by atoms with Crippen LogP contribution in [0.25, 0.3) is 6.08 Å². The molecule has 0 amide bonds. The lowest BCUT2D eigenvalue weighted by molar-refractivity contribution is 0.104. The Hall–Kier alpha value is -2.35. The number of carbonyl (C=O) groups excluding carboxylic acids is 1. The maximum Gasteiger partial charge on any atom is 0.185 e. The Kier molecular flexibility index (Phi) is 3.36. The first-order valence-electron chi connectivity index (χ1n) is 5.30. The second kappa shape index (κ2) is 5.12. The van der Waals surface area contributed by atoms with E-state index in [0.717, 1.165) is 5.56 Å². The summed E-state index contributed by atoms with van der Waals surface area (Å²) in [5.74, 6) is -0.124. The second-order valence-corrected chi connectivity index (χ2v) is 3.64. The molecule has 0 heterocycles. The lowest BCUT2D eigenvalue weighted by atomic mass is 10.1. The van der Waals surface area contributed by atoms with Crippen molar-refractivity contribution in [1.82, 2.24) is 0 Å². The predicted molar refractivity (Wildman–Crippen MR) is 66.4 cm³/mol. The Morgan fingerprint density at radius 3 is 2.41 bits per heavy atom. The molecule has 0 saturated heterocycles. The number of hydrogen-bond donors (Lipinski definition) is 0. The Bertz CT molecular complexity index is 542. The maximum atomic E-state index is 11.7. The van der Waals surface area contributed by atoms with E-state index in [0.29, 0.717) is 5.56 Å². The minimum atomic E-state index is -0.0677. The van der Waals surface area contributed by atoms with E-state index in [1.165, 1.54) is 18.2 Å². The lowest BCUT2D eigenvalue weighted by Gasteiger charge is -1.95. The first kappa shape index (κ1) is 11.1. The normalized spacial score (nSPS) is 10.6. The molecule has 0 unspecified atom stereocenters. The van der Waals surface area contributed by atoms with Gasteiger partial charge in [0, 0.05) is 5.56 Å². The van der Waals surface area contributed by atoms with Gasteiger partial charge in [-0.3, -0.25) is 9.90 Å². The van der Waals surface area contributed by atoms with Crippen molar-refractivity contribution in [2.75, 3.05) is 0 Å². The highest BCUT2D eigenvalue weighted by Crippen LogP contribution is 2.13. The molecule has 0 saturated carbocycles. The van der Waals surface area contributed by atoms with E-state index in [1.807, 2.05) is 18.2 Å². The van der Waals surface area contributed by atoms with Crippen molar-refractivity contribution in [2.45, 2.75) is 0 Å². The largest absolute Gasteiger partial charge is 0.290 e. The fourth-order valence-electron chi connectivity index (χ4n) is 1.49. The Labute approximate surface area is 99.8 Å². The van der Waals surface area contributed by atoms with Crippen LogP contribution in [0.5, 0.6) is 5.75 Å². The van der Waals surface area contributed by atoms with E-state index in [-0.39, 0.29) is 11.5 Å². The number of benzene rings is 2. The van der Waals surface area contributed by atoms with Crippen LogP contribution < -0.4 is 0 Å². The van der Waals surface area contributed by atoms with Crippen molar-refractivity contribution in [3.05, 3.63) is 71.8 Å². The highest BCUT2D eigenvalue weighted by molar-refractivity contribution is 6.06. The molecule has 0 aliphatic carbocycles.